The van der Waals surface area contributed by atoms with Gasteiger partial charge in [-0.05, 0) is 25.0 Å². The normalized spacial score (nSPS) is 13.2. The van der Waals surface area contributed by atoms with Crippen molar-refractivity contribution in [3.05, 3.63) is 191 Å². The van der Waals surface area contributed by atoms with E-state index in [-0.39, 0.29) is 33.4 Å². The van der Waals surface area contributed by atoms with Crippen LogP contribution in [0.15, 0.2) is 158 Å². The number of hydrogen-bond acceptors (Lipinski definition) is 2. The number of carbonyl (C=O) groups excluding carboxylic acids is 1. The predicted octanol–water partition coefficient (Wildman–Crippen LogP) is 10.5. The summed E-state index contributed by atoms with van der Waals surface area (Å²) in [6.45, 7) is 1.81. The number of alkyl halides is 12. The SMILES string of the molecule is CC[S+](=O)(C#Cc1ccccc1)CC(=O)c1ccccc1.FC(F)(F)c1ccc([B-](c2ccc(C(F)(F)F)cc2)(c2ccc(C(F)(F)F)cc2)c2ccc(C(F)(F)F)cc2)cc1. The van der Waals surface area contributed by atoms with Gasteiger partial charge in [0.05, 0.1) is 22.3 Å². The highest BCUT2D eigenvalue weighted by Crippen LogP contribution is 2.32. The van der Waals surface area contributed by atoms with Crippen molar-refractivity contribution in [3.8, 4) is 11.2 Å². The fraction of sp³-hybridized carbons (Fsp3) is 0.152. The third-order valence-electron chi connectivity index (χ3n) is 10.0. The Morgan fingerprint density at radius 1 is 0.468 bits per heavy atom. The molecular weight excluding hydrogens is 855 g/mol. The molecule has 1 unspecified atom stereocenters. The number of rotatable bonds is 8. The number of carbonyl (C=O) groups is 1. The third-order valence-corrected chi connectivity index (χ3v) is 12.2. The van der Waals surface area contributed by atoms with E-state index < -0.39 is 63.0 Å². The van der Waals surface area contributed by atoms with Gasteiger partial charge in [-0.2, -0.15) is 74.5 Å². The maximum Gasteiger partial charge on any atom is 0.416 e. The summed E-state index contributed by atoms with van der Waals surface area (Å²) in [6.07, 6.45) is -22.0. The van der Waals surface area contributed by atoms with E-state index in [2.05, 4.69) is 11.2 Å². The lowest BCUT2D eigenvalue weighted by Gasteiger charge is -2.44. The highest BCUT2D eigenvalue weighted by Gasteiger charge is 2.38. The molecule has 6 aromatic carbocycles. The van der Waals surface area contributed by atoms with Gasteiger partial charge in [0.2, 0.25) is 5.78 Å². The monoisotopic (exact) mass is 888 g/mol. The molecule has 0 radical (unpaired) electrons. The van der Waals surface area contributed by atoms with Crippen molar-refractivity contribution in [2.75, 3.05) is 11.5 Å². The molecule has 0 aromatic heterocycles. The number of hydrogen-bond donors (Lipinski definition) is 0. The Morgan fingerprint density at radius 3 is 1.03 bits per heavy atom. The Labute approximate surface area is 350 Å². The van der Waals surface area contributed by atoms with Gasteiger partial charge in [0.1, 0.15) is 11.9 Å². The van der Waals surface area contributed by atoms with E-state index in [0.717, 1.165) is 54.1 Å². The summed E-state index contributed by atoms with van der Waals surface area (Å²) < 4.78 is 173. The minimum Gasteiger partial charge on any atom is -0.289 e. The average Bonchev–Trinajstić information content (AvgIpc) is 3.24. The summed E-state index contributed by atoms with van der Waals surface area (Å²) in [4.78, 5) is 12.2. The molecule has 0 N–H and O–H groups in total. The Balaban J connectivity index is 0.000000290. The summed E-state index contributed by atoms with van der Waals surface area (Å²) >= 11 is 0. The van der Waals surface area contributed by atoms with Gasteiger partial charge in [-0.25, -0.2) is 0 Å². The van der Waals surface area contributed by atoms with Gasteiger partial charge < -0.3 is 0 Å². The largest absolute Gasteiger partial charge is 0.416 e. The van der Waals surface area contributed by atoms with Gasteiger partial charge in [0, 0.05) is 11.1 Å². The summed E-state index contributed by atoms with van der Waals surface area (Å²) in [5.41, 5.74) is -2.90. The molecule has 0 bridgehead atoms. The van der Waals surface area contributed by atoms with Crippen molar-refractivity contribution in [3.63, 3.8) is 0 Å². The topological polar surface area (TPSA) is 34.1 Å². The molecule has 16 heteroatoms. The maximum atomic E-state index is 13.3. The number of benzene rings is 6. The molecule has 0 aliphatic carbocycles. The smallest absolute Gasteiger partial charge is 0.289 e. The van der Waals surface area contributed by atoms with E-state index in [1.54, 1.807) is 31.2 Å². The molecule has 0 amide bonds. The van der Waals surface area contributed by atoms with Gasteiger partial charge in [-0.1, -0.05) is 150 Å². The van der Waals surface area contributed by atoms with E-state index in [1.165, 1.54) is 0 Å². The Bertz CT molecular complexity index is 2300. The van der Waals surface area contributed by atoms with Crippen LogP contribution in [0.1, 0.15) is 45.1 Å². The molecule has 0 aliphatic heterocycles. The third kappa shape index (κ3) is 11.2. The quantitative estimate of drug-likeness (QED) is 0.0502. The first-order valence-electron chi connectivity index (χ1n) is 18.5. The Hall–Kier alpha value is -6.08. The molecule has 0 saturated carbocycles. The summed E-state index contributed by atoms with van der Waals surface area (Å²) in [6, 6.07) is 31.9. The lowest BCUT2D eigenvalue weighted by Crippen LogP contribution is -2.74. The molecule has 0 aliphatic rings. The fourth-order valence-electron chi connectivity index (χ4n) is 6.80. The van der Waals surface area contributed by atoms with Crippen LogP contribution in [-0.4, -0.2) is 23.4 Å². The van der Waals surface area contributed by atoms with Crippen molar-refractivity contribution >= 4 is 43.7 Å². The maximum absolute atomic E-state index is 13.3. The number of halogens is 12. The van der Waals surface area contributed by atoms with Crippen LogP contribution in [-0.2, 0) is 38.8 Å². The van der Waals surface area contributed by atoms with Crippen molar-refractivity contribution in [2.45, 2.75) is 31.6 Å². The minimum absolute atomic E-state index is 0.0114. The standard InChI is InChI=1S/C28H16BF12.C18H17O2S/c30-25(31,32)17-1-9-21(10-2-17)29(22-11-3-18(4-12-22)26(33,34)35,23-13-5-19(6-14-23)27(36,37)38)24-15-7-20(8-16-24)28(39,40)41;1-2-21(20,14-13-16-9-5-3-6-10-16)15-18(19)17-11-7-4-8-12-17/h1-16H;3-12H,2,15H2,1H3/q-1;+1. The van der Waals surface area contributed by atoms with Crippen LogP contribution in [0.2, 0.25) is 0 Å². The van der Waals surface area contributed by atoms with Crippen LogP contribution in [0.3, 0.4) is 0 Å². The van der Waals surface area contributed by atoms with Gasteiger partial charge in [-0.3, -0.25) is 4.79 Å². The average molecular weight is 889 g/mol. The molecule has 0 heterocycles. The van der Waals surface area contributed by atoms with E-state index in [9.17, 15) is 61.7 Å². The van der Waals surface area contributed by atoms with E-state index in [0.29, 0.717) is 59.8 Å². The lowest BCUT2D eigenvalue weighted by molar-refractivity contribution is -0.138. The highest BCUT2D eigenvalue weighted by molar-refractivity contribution is 8.07. The highest BCUT2D eigenvalue weighted by atomic mass is 32.2. The summed E-state index contributed by atoms with van der Waals surface area (Å²) in [5, 5.41) is 2.82. The van der Waals surface area contributed by atoms with Crippen LogP contribution in [0.5, 0.6) is 0 Å². The van der Waals surface area contributed by atoms with Crippen LogP contribution >= 0.6 is 0 Å². The number of Topliss-reactive ketones (excluding diaryl/α,β-unsaturated/α-hetero) is 1. The molecule has 1 atom stereocenters. The van der Waals surface area contributed by atoms with E-state index >= 15 is 0 Å². The van der Waals surface area contributed by atoms with Gasteiger partial charge in [0.15, 0.2) is 20.9 Å². The van der Waals surface area contributed by atoms with Crippen molar-refractivity contribution in [2.24, 2.45) is 0 Å². The van der Waals surface area contributed by atoms with Gasteiger partial charge >= 0.3 is 24.7 Å². The Kier molecular flexibility index (Phi) is 14.0. The molecule has 2 nitrogen and oxygen atoms in total. The summed E-state index contributed by atoms with van der Waals surface area (Å²) in [7, 11) is -2.48. The van der Waals surface area contributed by atoms with Gasteiger partial charge in [0.25, 0.3) is 0 Å². The summed E-state index contributed by atoms with van der Waals surface area (Å²) in [5.74, 6) is 3.15. The first-order valence-corrected chi connectivity index (χ1v) is 20.4. The zero-order chi connectivity index (χ0) is 45.6. The molecule has 0 saturated heterocycles. The van der Waals surface area contributed by atoms with E-state index in [1.807, 2.05) is 36.4 Å². The molecule has 0 fully saturated rings. The molecule has 0 spiro atoms. The second kappa shape index (κ2) is 18.5. The zero-order valence-corrected chi connectivity index (χ0v) is 33.1. The molecule has 6 rings (SSSR count). The van der Waals surface area contributed by atoms with Crippen LogP contribution < -0.4 is 21.9 Å². The first kappa shape index (κ1) is 47.0. The number of ketones is 1. The van der Waals surface area contributed by atoms with Crippen LogP contribution in [0.4, 0.5) is 52.7 Å². The zero-order valence-electron chi connectivity index (χ0n) is 32.3. The fourth-order valence-corrected chi connectivity index (χ4v) is 8.12. The molecule has 62 heavy (non-hydrogen) atoms. The molecule has 322 valence electrons. The second-order valence-electron chi connectivity index (χ2n) is 14.0. The van der Waals surface area contributed by atoms with Crippen molar-refractivity contribution in [1.82, 2.24) is 0 Å². The Morgan fingerprint density at radius 2 is 0.758 bits per heavy atom. The van der Waals surface area contributed by atoms with Crippen molar-refractivity contribution < 1.29 is 61.7 Å². The minimum atomic E-state index is -4.77. The predicted molar refractivity (Wildman–Crippen MR) is 218 cm³/mol. The lowest BCUT2D eigenvalue weighted by atomic mass is 9.13. The van der Waals surface area contributed by atoms with E-state index in [4.69, 9.17) is 0 Å². The van der Waals surface area contributed by atoms with Crippen molar-refractivity contribution in [1.29, 1.82) is 0 Å². The molecular formula is C46H33BF12O2S. The van der Waals surface area contributed by atoms with Gasteiger partial charge in [-0.15, -0.1) is 0 Å². The molecule has 6 aromatic rings. The van der Waals surface area contributed by atoms with Crippen LogP contribution in [0, 0.1) is 11.2 Å². The van der Waals surface area contributed by atoms with Crippen LogP contribution in [0.25, 0.3) is 0 Å². The second-order valence-corrected chi connectivity index (χ2v) is 16.7. The first-order chi connectivity index (χ1) is 29.0.